The van der Waals surface area contributed by atoms with Crippen molar-refractivity contribution in [1.29, 1.82) is 0 Å². The summed E-state index contributed by atoms with van der Waals surface area (Å²) in [5, 5.41) is 12.5. The molecule has 0 spiro atoms. The molecule has 0 unspecified atom stereocenters. The molecule has 0 aliphatic heterocycles. The maximum Gasteiger partial charge on any atom is 0.287 e. The number of para-hydroxylation sites is 1. The molecule has 1 N–H and O–H groups in total. The van der Waals surface area contributed by atoms with E-state index in [9.17, 15) is 4.79 Å². The zero-order valence-electron chi connectivity index (χ0n) is 13.5. The molecular weight excluding hydrogens is 340 g/mol. The van der Waals surface area contributed by atoms with Crippen molar-refractivity contribution in [3.8, 4) is 0 Å². The molecule has 0 fully saturated rings. The lowest BCUT2D eigenvalue weighted by molar-refractivity contribution is 0.0927. The van der Waals surface area contributed by atoms with Crippen LogP contribution >= 0.6 is 11.6 Å². The molecule has 0 radical (unpaired) electrons. The van der Waals surface area contributed by atoms with E-state index in [1.165, 1.54) is 0 Å². The van der Waals surface area contributed by atoms with Crippen LogP contribution in [-0.2, 0) is 6.42 Å². The minimum atomic E-state index is -0.265. The van der Waals surface area contributed by atoms with Gasteiger partial charge in [0.25, 0.3) is 5.91 Å². The van der Waals surface area contributed by atoms with Crippen molar-refractivity contribution in [2.45, 2.75) is 13.3 Å². The third-order valence-electron chi connectivity index (χ3n) is 4.14. The van der Waals surface area contributed by atoms with Crippen molar-refractivity contribution in [3.63, 3.8) is 0 Å². The van der Waals surface area contributed by atoms with Crippen LogP contribution in [0.15, 0.2) is 47.0 Å². The minimum Gasteiger partial charge on any atom is -0.449 e. The van der Waals surface area contributed by atoms with E-state index in [1.54, 1.807) is 6.07 Å². The van der Waals surface area contributed by atoms with E-state index in [0.717, 1.165) is 22.4 Å². The predicted octanol–water partition coefficient (Wildman–Crippen LogP) is 3.41. The van der Waals surface area contributed by atoms with Gasteiger partial charge in [0, 0.05) is 30.1 Å². The maximum atomic E-state index is 12.4. The summed E-state index contributed by atoms with van der Waals surface area (Å²) in [6.45, 7) is 2.28. The molecule has 0 saturated carbocycles. The number of pyridine rings is 1. The fourth-order valence-corrected chi connectivity index (χ4v) is 3.07. The molecule has 0 saturated heterocycles. The Morgan fingerprint density at radius 1 is 1.24 bits per heavy atom. The summed E-state index contributed by atoms with van der Waals surface area (Å²) < 4.78 is 7.57. The fourth-order valence-electron chi connectivity index (χ4n) is 2.85. The highest BCUT2D eigenvalue weighted by molar-refractivity contribution is 6.35. The number of nitrogens with zero attached hydrogens (tertiary/aromatic N) is 3. The Hall–Kier alpha value is -2.86. The van der Waals surface area contributed by atoms with Gasteiger partial charge in [-0.15, -0.1) is 10.2 Å². The third-order valence-corrected chi connectivity index (χ3v) is 4.44. The largest absolute Gasteiger partial charge is 0.449 e. The predicted molar refractivity (Wildman–Crippen MR) is 95.0 cm³/mol. The fraction of sp³-hybridized carbons (Fsp3) is 0.167. The van der Waals surface area contributed by atoms with Crippen LogP contribution in [0.25, 0.3) is 16.6 Å². The lowest BCUT2D eigenvalue weighted by Gasteiger charge is -2.03. The molecule has 4 rings (SSSR count). The number of carbonyl (C=O) groups is 1. The molecule has 1 amide bonds. The average molecular weight is 355 g/mol. The summed E-state index contributed by atoms with van der Waals surface area (Å²) in [6, 6.07) is 11.2. The molecule has 1 aromatic carbocycles. The number of furan rings is 1. The average Bonchev–Trinajstić information content (AvgIpc) is 3.18. The van der Waals surface area contributed by atoms with Crippen molar-refractivity contribution < 1.29 is 9.21 Å². The molecule has 7 heteroatoms. The lowest BCUT2D eigenvalue weighted by Crippen LogP contribution is -2.26. The zero-order valence-corrected chi connectivity index (χ0v) is 14.2. The van der Waals surface area contributed by atoms with Gasteiger partial charge in [-0.2, -0.15) is 0 Å². The van der Waals surface area contributed by atoms with Crippen LogP contribution in [0.1, 0.15) is 21.9 Å². The highest BCUT2D eigenvalue weighted by atomic mass is 35.5. The van der Waals surface area contributed by atoms with E-state index in [4.69, 9.17) is 16.0 Å². The van der Waals surface area contributed by atoms with Gasteiger partial charge in [0.15, 0.2) is 17.0 Å². The molecule has 0 aliphatic carbocycles. The summed E-state index contributed by atoms with van der Waals surface area (Å²) in [7, 11) is 0. The van der Waals surface area contributed by atoms with Gasteiger partial charge in [-0.25, -0.2) is 0 Å². The van der Waals surface area contributed by atoms with Crippen LogP contribution in [0.2, 0.25) is 5.02 Å². The van der Waals surface area contributed by atoms with Gasteiger partial charge in [0.1, 0.15) is 5.82 Å². The van der Waals surface area contributed by atoms with Crippen LogP contribution in [0.4, 0.5) is 0 Å². The van der Waals surface area contributed by atoms with Gasteiger partial charge in [0.05, 0.1) is 5.02 Å². The standard InChI is InChI=1S/C18H15ClN4O2/c1-11-12-5-4-6-13(19)17(12)25-16(11)18(24)20-9-8-15-22-21-14-7-2-3-10-23(14)15/h2-7,10H,8-9H2,1H3,(H,20,24). The van der Waals surface area contributed by atoms with Gasteiger partial charge < -0.3 is 9.73 Å². The summed E-state index contributed by atoms with van der Waals surface area (Å²) in [6.07, 6.45) is 2.47. The summed E-state index contributed by atoms with van der Waals surface area (Å²) >= 11 is 6.13. The van der Waals surface area contributed by atoms with Crippen LogP contribution in [-0.4, -0.2) is 27.0 Å². The molecule has 126 valence electrons. The SMILES string of the molecule is Cc1c(C(=O)NCCc2nnc3ccccn23)oc2c(Cl)cccc12. The van der Waals surface area contributed by atoms with E-state index >= 15 is 0 Å². The van der Waals surface area contributed by atoms with Gasteiger partial charge in [0.2, 0.25) is 0 Å². The highest BCUT2D eigenvalue weighted by Crippen LogP contribution is 2.30. The Kier molecular flexibility index (Phi) is 3.89. The number of hydrogen-bond acceptors (Lipinski definition) is 4. The van der Waals surface area contributed by atoms with Crippen LogP contribution < -0.4 is 5.32 Å². The normalized spacial score (nSPS) is 11.3. The van der Waals surface area contributed by atoms with E-state index in [2.05, 4.69) is 15.5 Å². The first-order chi connectivity index (χ1) is 12.1. The van der Waals surface area contributed by atoms with Gasteiger partial charge in [-0.1, -0.05) is 29.8 Å². The molecule has 0 atom stereocenters. The van der Waals surface area contributed by atoms with Crippen molar-refractivity contribution in [3.05, 3.63) is 64.8 Å². The first-order valence-corrected chi connectivity index (χ1v) is 8.27. The van der Waals surface area contributed by atoms with Crippen molar-refractivity contribution in [2.24, 2.45) is 0 Å². The maximum absolute atomic E-state index is 12.4. The van der Waals surface area contributed by atoms with Crippen molar-refractivity contribution in [2.75, 3.05) is 6.54 Å². The minimum absolute atomic E-state index is 0.265. The van der Waals surface area contributed by atoms with Crippen molar-refractivity contribution in [1.82, 2.24) is 19.9 Å². The first kappa shape index (κ1) is 15.7. The van der Waals surface area contributed by atoms with Gasteiger partial charge in [-0.05, 0) is 25.1 Å². The molecule has 0 bridgehead atoms. The smallest absolute Gasteiger partial charge is 0.287 e. The molecule has 6 nitrogen and oxygen atoms in total. The van der Waals surface area contributed by atoms with E-state index < -0.39 is 0 Å². The molecule has 3 aromatic heterocycles. The Bertz CT molecular complexity index is 1080. The van der Waals surface area contributed by atoms with E-state index in [-0.39, 0.29) is 11.7 Å². The van der Waals surface area contributed by atoms with Gasteiger partial charge in [-0.3, -0.25) is 9.20 Å². The summed E-state index contributed by atoms with van der Waals surface area (Å²) in [4.78, 5) is 12.4. The van der Waals surface area contributed by atoms with Crippen LogP contribution in [0, 0.1) is 6.92 Å². The number of hydrogen-bond donors (Lipinski definition) is 1. The second-order valence-corrected chi connectivity index (χ2v) is 6.13. The topological polar surface area (TPSA) is 72.4 Å². The second-order valence-electron chi connectivity index (χ2n) is 5.72. The number of rotatable bonds is 4. The molecule has 25 heavy (non-hydrogen) atoms. The second kappa shape index (κ2) is 6.22. The molecular formula is C18H15ClN4O2. The summed E-state index contributed by atoms with van der Waals surface area (Å²) in [5.74, 6) is 0.813. The first-order valence-electron chi connectivity index (χ1n) is 7.89. The number of amides is 1. The van der Waals surface area contributed by atoms with Crippen LogP contribution in [0.5, 0.6) is 0 Å². The van der Waals surface area contributed by atoms with E-state index in [1.807, 2.05) is 47.9 Å². The Morgan fingerprint density at radius 2 is 2.12 bits per heavy atom. The lowest BCUT2D eigenvalue weighted by atomic mass is 10.1. The monoisotopic (exact) mass is 354 g/mol. The number of aromatic nitrogens is 3. The van der Waals surface area contributed by atoms with Gasteiger partial charge >= 0.3 is 0 Å². The molecule has 0 aliphatic rings. The third kappa shape index (κ3) is 2.74. The molecule has 3 heterocycles. The van der Waals surface area contributed by atoms with Crippen LogP contribution in [0.3, 0.4) is 0 Å². The number of benzene rings is 1. The Labute approximate surface area is 148 Å². The summed E-state index contributed by atoms with van der Waals surface area (Å²) in [5.41, 5.74) is 2.10. The van der Waals surface area contributed by atoms with Crippen molar-refractivity contribution >= 4 is 34.1 Å². The Balaban J connectivity index is 1.49. The number of nitrogens with one attached hydrogen (secondary N) is 1. The number of halogens is 1. The number of carbonyl (C=O) groups excluding carboxylic acids is 1. The number of fused-ring (bicyclic) bond motifs is 2. The Morgan fingerprint density at radius 3 is 2.96 bits per heavy atom. The number of aryl methyl sites for hydroxylation is 1. The zero-order chi connectivity index (χ0) is 17.4. The van der Waals surface area contributed by atoms with E-state index in [0.29, 0.717) is 23.6 Å². The molecule has 4 aromatic rings. The highest BCUT2D eigenvalue weighted by Gasteiger charge is 2.18. The quantitative estimate of drug-likeness (QED) is 0.609.